The van der Waals surface area contributed by atoms with E-state index in [4.69, 9.17) is 0 Å². The van der Waals surface area contributed by atoms with Crippen LogP contribution in [0.1, 0.15) is 43.1 Å². The first kappa shape index (κ1) is 14.5. The number of pyridine rings is 1. The van der Waals surface area contributed by atoms with Crippen LogP contribution < -0.4 is 0 Å². The fraction of sp³-hybridized carbons (Fsp3) is 0.263. The number of hydrogen-bond acceptors (Lipinski definition) is 2. The molecule has 0 amide bonds. The van der Waals surface area contributed by atoms with Gasteiger partial charge < -0.3 is 4.98 Å². The molecular weight excluding hydrogens is 272 g/mol. The first-order valence-electron chi connectivity index (χ1n) is 7.84. The second kappa shape index (κ2) is 6.56. The third-order valence-electron chi connectivity index (χ3n) is 3.93. The predicted molar refractivity (Wildman–Crippen MR) is 90.0 cm³/mol. The summed E-state index contributed by atoms with van der Waals surface area (Å²) in [6.07, 6.45) is 7.44. The summed E-state index contributed by atoms with van der Waals surface area (Å²) >= 11 is 0. The molecule has 0 bridgehead atoms. The Morgan fingerprint density at radius 1 is 1.14 bits per heavy atom. The molecule has 3 heteroatoms. The average Bonchev–Trinajstić information content (AvgIpc) is 2.99. The highest BCUT2D eigenvalue weighted by Crippen LogP contribution is 2.24. The van der Waals surface area contributed by atoms with Crippen LogP contribution in [0.15, 0.2) is 48.8 Å². The van der Waals surface area contributed by atoms with Crippen LogP contribution >= 0.6 is 0 Å². The van der Waals surface area contributed by atoms with E-state index in [0.29, 0.717) is 6.42 Å². The standard InChI is InChI=1S/C19H20N2O/c1-2-3-4-7-19(22)18-12-15-9-8-14(11-17(15)21-18)16-6-5-10-20-13-16/h5-6,8-13,21H,2-4,7H2,1H3. The number of benzene rings is 1. The quantitative estimate of drug-likeness (QED) is 0.513. The number of rotatable bonds is 6. The van der Waals surface area contributed by atoms with Crippen LogP contribution in [0.2, 0.25) is 0 Å². The minimum atomic E-state index is 0.201. The summed E-state index contributed by atoms with van der Waals surface area (Å²) in [4.78, 5) is 19.6. The minimum Gasteiger partial charge on any atom is -0.352 e. The van der Waals surface area contributed by atoms with Gasteiger partial charge in [0.05, 0.1) is 5.69 Å². The maximum atomic E-state index is 12.2. The first-order valence-corrected chi connectivity index (χ1v) is 7.84. The van der Waals surface area contributed by atoms with Crippen molar-refractivity contribution >= 4 is 16.7 Å². The number of fused-ring (bicyclic) bond motifs is 1. The van der Waals surface area contributed by atoms with Gasteiger partial charge in [-0.05, 0) is 30.2 Å². The lowest BCUT2D eigenvalue weighted by Crippen LogP contribution is -1.98. The van der Waals surface area contributed by atoms with Crippen molar-refractivity contribution in [2.24, 2.45) is 0 Å². The van der Waals surface area contributed by atoms with Crippen molar-refractivity contribution in [3.8, 4) is 11.1 Å². The van der Waals surface area contributed by atoms with Gasteiger partial charge in [-0.3, -0.25) is 9.78 Å². The van der Waals surface area contributed by atoms with Crippen molar-refractivity contribution in [3.63, 3.8) is 0 Å². The molecule has 0 saturated carbocycles. The van der Waals surface area contributed by atoms with E-state index >= 15 is 0 Å². The topological polar surface area (TPSA) is 45.8 Å². The Bertz CT molecular complexity index is 774. The molecule has 3 aromatic rings. The normalized spacial score (nSPS) is 11.0. The largest absolute Gasteiger partial charge is 0.352 e. The monoisotopic (exact) mass is 292 g/mol. The van der Waals surface area contributed by atoms with E-state index in [0.717, 1.165) is 47.0 Å². The summed E-state index contributed by atoms with van der Waals surface area (Å²) in [5.74, 6) is 0.201. The molecule has 0 aliphatic carbocycles. The number of H-pyrrole nitrogens is 1. The van der Waals surface area contributed by atoms with Crippen LogP contribution in [0.5, 0.6) is 0 Å². The smallest absolute Gasteiger partial charge is 0.179 e. The lowest BCUT2D eigenvalue weighted by molar-refractivity contribution is 0.0975. The summed E-state index contributed by atoms with van der Waals surface area (Å²) in [6.45, 7) is 2.15. The first-order chi connectivity index (χ1) is 10.8. The van der Waals surface area contributed by atoms with E-state index < -0.39 is 0 Å². The SMILES string of the molecule is CCCCCC(=O)c1cc2ccc(-c3cccnc3)cc2[nH]1. The molecule has 2 heterocycles. The molecule has 0 atom stereocenters. The molecule has 2 aromatic heterocycles. The zero-order chi connectivity index (χ0) is 15.4. The summed E-state index contributed by atoms with van der Waals surface area (Å²) in [5.41, 5.74) is 3.90. The molecular formula is C19H20N2O. The molecule has 0 unspecified atom stereocenters. The molecule has 0 aliphatic rings. The molecule has 1 N–H and O–H groups in total. The van der Waals surface area contributed by atoms with Gasteiger partial charge in [-0.15, -0.1) is 0 Å². The maximum absolute atomic E-state index is 12.2. The summed E-state index contributed by atoms with van der Waals surface area (Å²) in [5, 5.41) is 1.08. The number of nitrogens with zero attached hydrogens (tertiary/aromatic N) is 1. The molecule has 1 aromatic carbocycles. The Morgan fingerprint density at radius 3 is 2.82 bits per heavy atom. The number of carbonyl (C=O) groups is 1. The van der Waals surface area contributed by atoms with Crippen molar-refractivity contribution < 1.29 is 4.79 Å². The zero-order valence-electron chi connectivity index (χ0n) is 12.8. The van der Waals surface area contributed by atoms with Crippen molar-refractivity contribution in [1.82, 2.24) is 9.97 Å². The van der Waals surface area contributed by atoms with E-state index in [9.17, 15) is 4.79 Å². The molecule has 0 saturated heterocycles. The molecule has 0 aliphatic heterocycles. The Kier molecular flexibility index (Phi) is 4.33. The summed E-state index contributed by atoms with van der Waals surface area (Å²) < 4.78 is 0. The van der Waals surface area contributed by atoms with E-state index in [2.05, 4.69) is 35.1 Å². The highest BCUT2D eigenvalue weighted by Gasteiger charge is 2.10. The Balaban J connectivity index is 1.86. The second-order valence-electron chi connectivity index (χ2n) is 5.61. The van der Waals surface area contributed by atoms with E-state index in [1.807, 2.05) is 24.4 Å². The van der Waals surface area contributed by atoms with Gasteiger partial charge in [0.15, 0.2) is 5.78 Å². The van der Waals surface area contributed by atoms with Crippen LogP contribution in [0.3, 0.4) is 0 Å². The number of Topliss-reactive ketones (excluding diaryl/α,β-unsaturated/α-hetero) is 1. The van der Waals surface area contributed by atoms with E-state index in [1.54, 1.807) is 6.20 Å². The van der Waals surface area contributed by atoms with Crippen molar-refractivity contribution in [1.29, 1.82) is 0 Å². The molecule has 0 fully saturated rings. The number of unbranched alkanes of at least 4 members (excludes halogenated alkanes) is 2. The maximum Gasteiger partial charge on any atom is 0.179 e. The van der Waals surface area contributed by atoms with Gasteiger partial charge in [0, 0.05) is 35.3 Å². The summed E-state index contributed by atoms with van der Waals surface area (Å²) in [7, 11) is 0. The van der Waals surface area contributed by atoms with Crippen molar-refractivity contribution in [2.75, 3.05) is 0 Å². The van der Waals surface area contributed by atoms with Gasteiger partial charge in [0.25, 0.3) is 0 Å². The lowest BCUT2D eigenvalue weighted by atomic mass is 10.1. The van der Waals surface area contributed by atoms with Crippen LogP contribution in [0, 0.1) is 0 Å². The van der Waals surface area contributed by atoms with Crippen LogP contribution in [-0.2, 0) is 0 Å². The molecule has 0 spiro atoms. The van der Waals surface area contributed by atoms with Gasteiger partial charge >= 0.3 is 0 Å². The Hall–Kier alpha value is -2.42. The number of hydrogen-bond donors (Lipinski definition) is 1. The highest BCUT2D eigenvalue weighted by molar-refractivity contribution is 6.00. The molecule has 22 heavy (non-hydrogen) atoms. The van der Waals surface area contributed by atoms with E-state index in [1.165, 1.54) is 0 Å². The van der Waals surface area contributed by atoms with Crippen molar-refractivity contribution in [2.45, 2.75) is 32.6 Å². The average molecular weight is 292 g/mol. The van der Waals surface area contributed by atoms with Crippen LogP contribution in [0.25, 0.3) is 22.0 Å². The van der Waals surface area contributed by atoms with Gasteiger partial charge in [-0.25, -0.2) is 0 Å². The third-order valence-corrected chi connectivity index (χ3v) is 3.93. The van der Waals surface area contributed by atoms with Gasteiger partial charge in [-0.1, -0.05) is 38.0 Å². The lowest BCUT2D eigenvalue weighted by Gasteiger charge is -2.00. The molecule has 3 rings (SSSR count). The van der Waals surface area contributed by atoms with Gasteiger partial charge in [0.1, 0.15) is 0 Å². The molecule has 112 valence electrons. The number of aromatic nitrogens is 2. The van der Waals surface area contributed by atoms with Crippen LogP contribution in [-0.4, -0.2) is 15.8 Å². The zero-order valence-corrected chi connectivity index (χ0v) is 12.8. The second-order valence-corrected chi connectivity index (χ2v) is 5.61. The Morgan fingerprint density at radius 2 is 2.05 bits per heavy atom. The van der Waals surface area contributed by atoms with Crippen molar-refractivity contribution in [3.05, 3.63) is 54.5 Å². The highest BCUT2D eigenvalue weighted by atomic mass is 16.1. The Labute approximate surface area is 130 Å². The van der Waals surface area contributed by atoms with Gasteiger partial charge in [0.2, 0.25) is 0 Å². The number of nitrogens with one attached hydrogen (secondary N) is 1. The van der Waals surface area contributed by atoms with Crippen LogP contribution in [0.4, 0.5) is 0 Å². The number of carbonyl (C=O) groups excluding carboxylic acids is 1. The van der Waals surface area contributed by atoms with E-state index in [-0.39, 0.29) is 5.78 Å². The minimum absolute atomic E-state index is 0.201. The van der Waals surface area contributed by atoms with Gasteiger partial charge in [-0.2, -0.15) is 0 Å². The number of aromatic amines is 1. The molecule has 0 radical (unpaired) electrons. The number of ketones is 1. The third kappa shape index (κ3) is 3.08. The predicted octanol–water partition coefficient (Wildman–Crippen LogP) is 4.99. The molecule has 3 nitrogen and oxygen atoms in total. The fourth-order valence-corrected chi connectivity index (χ4v) is 2.66. The fourth-order valence-electron chi connectivity index (χ4n) is 2.66. The summed E-state index contributed by atoms with van der Waals surface area (Å²) in [6, 6.07) is 12.1.